The summed E-state index contributed by atoms with van der Waals surface area (Å²) in [7, 11) is 0. The zero-order valence-corrected chi connectivity index (χ0v) is 12.3. The zero-order valence-electron chi connectivity index (χ0n) is 12.3. The topological polar surface area (TPSA) is 44.8 Å². The molecule has 20 heavy (non-hydrogen) atoms. The SMILES string of the molecule is CCNC(=O)N1CCN(c2ccccc2OCC)CC1. The van der Waals surface area contributed by atoms with E-state index < -0.39 is 0 Å². The van der Waals surface area contributed by atoms with Gasteiger partial charge in [0.2, 0.25) is 0 Å². The summed E-state index contributed by atoms with van der Waals surface area (Å²) < 4.78 is 5.67. The number of nitrogens with zero attached hydrogens (tertiary/aromatic N) is 2. The molecule has 1 fully saturated rings. The van der Waals surface area contributed by atoms with Crippen LogP contribution < -0.4 is 15.0 Å². The summed E-state index contributed by atoms with van der Waals surface area (Å²) in [6.07, 6.45) is 0. The largest absolute Gasteiger partial charge is 0.492 e. The van der Waals surface area contributed by atoms with Gasteiger partial charge < -0.3 is 19.9 Å². The number of amides is 2. The summed E-state index contributed by atoms with van der Waals surface area (Å²) in [6.45, 7) is 8.42. The van der Waals surface area contributed by atoms with Crippen molar-refractivity contribution in [3.8, 4) is 5.75 Å². The fourth-order valence-electron chi connectivity index (χ4n) is 2.41. The van der Waals surface area contributed by atoms with Gasteiger partial charge in [0.1, 0.15) is 5.75 Å². The molecule has 0 atom stereocenters. The molecule has 2 rings (SSSR count). The van der Waals surface area contributed by atoms with E-state index in [1.807, 2.05) is 36.9 Å². The Kier molecular flexibility index (Phi) is 5.09. The number of urea groups is 1. The molecule has 1 aliphatic rings. The number of hydrogen-bond donors (Lipinski definition) is 1. The number of nitrogens with one attached hydrogen (secondary N) is 1. The third-order valence-electron chi connectivity index (χ3n) is 3.40. The van der Waals surface area contributed by atoms with Crippen LogP contribution in [0.5, 0.6) is 5.75 Å². The summed E-state index contributed by atoms with van der Waals surface area (Å²) in [5, 5.41) is 2.85. The van der Waals surface area contributed by atoms with Gasteiger partial charge in [-0.15, -0.1) is 0 Å². The molecule has 2 amide bonds. The quantitative estimate of drug-likeness (QED) is 0.914. The van der Waals surface area contributed by atoms with E-state index >= 15 is 0 Å². The second kappa shape index (κ2) is 7.03. The van der Waals surface area contributed by atoms with Crippen molar-refractivity contribution in [1.29, 1.82) is 0 Å². The lowest BCUT2D eigenvalue weighted by Gasteiger charge is -2.36. The van der Waals surface area contributed by atoms with E-state index in [4.69, 9.17) is 4.74 Å². The highest BCUT2D eigenvalue weighted by Gasteiger charge is 2.22. The molecule has 5 nitrogen and oxygen atoms in total. The van der Waals surface area contributed by atoms with Crippen molar-refractivity contribution in [2.45, 2.75) is 13.8 Å². The molecule has 1 saturated heterocycles. The summed E-state index contributed by atoms with van der Waals surface area (Å²) in [5.41, 5.74) is 1.12. The molecule has 1 N–H and O–H groups in total. The summed E-state index contributed by atoms with van der Waals surface area (Å²) >= 11 is 0. The summed E-state index contributed by atoms with van der Waals surface area (Å²) in [5.74, 6) is 0.918. The van der Waals surface area contributed by atoms with E-state index in [0.29, 0.717) is 13.2 Å². The number of piperazine rings is 1. The molecule has 1 aromatic carbocycles. The molecule has 0 unspecified atom stereocenters. The minimum Gasteiger partial charge on any atom is -0.492 e. The Hall–Kier alpha value is -1.91. The highest BCUT2D eigenvalue weighted by molar-refractivity contribution is 5.74. The second-order valence-electron chi connectivity index (χ2n) is 4.71. The fraction of sp³-hybridized carbons (Fsp3) is 0.533. The first kappa shape index (κ1) is 14.5. The highest BCUT2D eigenvalue weighted by Crippen LogP contribution is 2.28. The van der Waals surface area contributed by atoms with E-state index in [9.17, 15) is 4.79 Å². The van der Waals surface area contributed by atoms with Crippen LogP contribution in [0.25, 0.3) is 0 Å². The molecule has 110 valence electrons. The predicted octanol–water partition coefficient (Wildman–Crippen LogP) is 1.94. The van der Waals surface area contributed by atoms with Crippen LogP contribution in [0.1, 0.15) is 13.8 Å². The molecule has 5 heteroatoms. The molecule has 0 spiro atoms. The van der Waals surface area contributed by atoms with Crippen LogP contribution >= 0.6 is 0 Å². The van der Waals surface area contributed by atoms with Crippen molar-refractivity contribution in [2.24, 2.45) is 0 Å². The lowest BCUT2D eigenvalue weighted by Crippen LogP contribution is -2.51. The van der Waals surface area contributed by atoms with Gasteiger partial charge in [0.15, 0.2) is 0 Å². The maximum absolute atomic E-state index is 11.8. The standard InChI is InChI=1S/C15H23N3O2/c1-3-16-15(19)18-11-9-17(10-12-18)13-7-5-6-8-14(13)20-4-2/h5-8H,3-4,9-12H2,1-2H3,(H,16,19). The molecule has 0 saturated carbocycles. The van der Waals surface area contributed by atoms with Crippen LogP contribution in [0.2, 0.25) is 0 Å². The Labute approximate surface area is 120 Å². The third-order valence-corrected chi connectivity index (χ3v) is 3.40. The minimum absolute atomic E-state index is 0.0326. The van der Waals surface area contributed by atoms with Crippen molar-refractivity contribution >= 4 is 11.7 Å². The van der Waals surface area contributed by atoms with Crippen LogP contribution in [-0.4, -0.2) is 50.3 Å². The number of carbonyl (C=O) groups is 1. The van der Waals surface area contributed by atoms with Crippen LogP contribution in [0, 0.1) is 0 Å². The highest BCUT2D eigenvalue weighted by atomic mass is 16.5. The average molecular weight is 277 g/mol. The Morgan fingerprint density at radius 1 is 1.20 bits per heavy atom. The monoisotopic (exact) mass is 277 g/mol. The molecular formula is C15H23N3O2. The summed E-state index contributed by atoms with van der Waals surface area (Å²) in [4.78, 5) is 15.9. The first-order valence-electron chi connectivity index (χ1n) is 7.25. The van der Waals surface area contributed by atoms with Gasteiger partial charge >= 0.3 is 6.03 Å². The van der Waals surface area contributed by atoms with E-state index in [1.165, 1.54) is 0 Å². The van der Waals surface area contributed by atoms with Gasteiger partial charge in [0, 0.05) is 32.7 Å². The van der Waals surface area contributed by atoms with E-state index in [1.54, 1.807) is 0 Å². The van der Waals surface area contributed by atoms with Crippen LogP contribution in [-0.2, 0) is 0 Å². The lowest BCUT2D eigenvalue weighted by atomic mass is 10.2. The first-order chi connectivity index (χ1) is 9.76. The number of rotatable bonds is 4. The molecule has 1 aromatic rings. The van der Waals surface area contributed by atoms with Crippen molar-refractivity contribution in [3.63, 3.8) is 0 Å². The predicted molar refractivity (Wildman–Crippen MR) is 80.5 cm³/mol. The first-order valence-corrected chi connectivity index (χ1v) is 7.25. The molecule has 0 radical (unpaired) electrons. The number of benzene rings is 1. The molecule has 0 bridgehead atoms. The number of carbonyl (C=O) groups excluding carboxylic acids is 1. The lowest BCUT2D eigenvalue weighted by molar-refractivity contribution is 0.195. The van der Waals surface area contributed by atoms with Crippen molar-refractivity contribution < 1.29 is 9.53 Å². The molecule has 1 aliphatic heterocycles. The van der Waals surface area contributed by atoms with Gasteiger partial charge in [-0.25, -0.2) is 4.79 Å². The zero-order chi connectivity index (χ0) is 14.4. The van der Waals surface area contributed by atoms with Crippen LogP contribution in [0.15, 0.2) is 24.3 Å². The van der Waals surface area contributed by atoms with Crippen molar-refractivity contribution in [3.05, 3.63) is 24.3 Å². The van der Waals surface area contributed by atoms with Crippen molar-refractivity contribution in [2.75, 3.05) is 44.2 Å². The van der Waals surface area contributed by atoms with Crippen LogP contribution in [0.3, 0.4) is 0 Å². The van der Waals surface area contributed by atoms with Gasteiger partial charge in [0.25, 0.3) is 0 Å². The Morgan fingerprint density at radius 2 is 1.90 bits per heavy atom. The molecule has 0 aliphatic carbocycles. The Morgan fingerprint density at radius 3 is 2.55 bits per heavy atom. The molecular weight excluding hydrogens is 254 g/mol. The molecule has 1 heterocycles. The van der Waals surface area contributed by atoms with E-state index in [-0.39, 0.29) is 6.03 Å². The van der Waals surface area contributed by atoms with Gasteiger partial charge in [-0.2, -0.15) is 0 Å². The number of anilines is 1. The maximum atomic E-state index is 11.8. The van der Waals surface area contributed by atoms with Gasteiger partial charge in [0.05, 0.1) is 12.3 Å². The van der Waals surface area contributed by atoms with Gasteiger partial charge in [-0.05, 0) is 26.0 Å². The second-order valence-corrected chi connectivity index (χ2v) is 4.71. The number of para-hydroxylation sites is 2. The van der Waals surface area contributed by atoms with Crippen LogP contribution in [0.4, 0.5) is 10.5 Å². The smallest absolute Gasteiger partial charge is 0.317 e. The Balaban J connectivity index is 1.98. The summed E-state index contributed by atoms with van der Waals surface area (Å²) in [6, 6.07) is 8.11. The fourth-order valence-corrected chi connectivity index (χ4v) is 2.41. The Bertz CT molecular complexity index is 442. The van der Waals surface area contributed by atoms with Crippen molar-refractivity contribution in [1.82, 2.24) is 10.2 Å². The maximum Gasteiger partial charge on any atom is 0.317 e. The number of ether oxygens (including phenoxy) is 1. The normalized spacial score (nSPS) is 15.1. The minimum atomic E-state index is 0.0326. The van der Waals surface area contributed by atoms with E-state index in [2.05, 4.69) is 16.3 Å². The third kappa shape index (κ3) is 3.35. The average Bonchev–Trinajstić information content (AvgIpc) is 2.49. The van der Waals surface area contributed by atoms with Gasteiger partial charge in [-0.3, -0.25) is 0 Å². The molecule has 0 aromatic heterocycles. The van der Waals surface area contributed by atoms with Gasteiger partial charge in [-0.1, -0.05) is 12.1 Å². The number of hydrogen-bond acceptors (Lipinski definition) is 3. The van der Waals surface area contributed by atoms with E-state index in [0.717, 1.165) is 37.6 Å².